The summed E-state index contributed by atoms with van der Waals surface area (Å²) >= 11 is 0. The van der Waals surface area contributed by atoms with Gasteiger partial charge >= 0.3 is 0 Å². The van der Waals surface area contributed by atoms with E-state index in [9.17, 15) is 0 Å². The van der Waals surface area contributed by atoms with E-state index in [1.54, 1.807) is 0 Å². The molecule has 0 saturated carbocycles. The normalized spacial score (nSPS) is 20.8. The Morgan fingerprint density at radius 3 is 2.84 bits per heavy atom. The summed E-state index contributed by atoms with van der Waals surface area (Å²) in [6.07, 6.45) is 2.61. The van der Waals surface area contributed by atoms with Crippen LogP contribution in [-0.2, 0) is 6.54 Å². The summed E-state index contributed by atoms with van der Waals surface area (Å²) in [5, 5.41) is 6.09. The second kappa shape index (κ2) is 5.72. The van der Waals surface area contributed by atoms with E-state index >= 15 is 0 Å². The predicted molar refractivity (Wildman–Crippen MR) is 81.3 cm³/mol. The summed E-state index contributed by atoms with van der Waals surface area (Å²) in [5.74, 6) is 0. The predicted octanol–water partition coefficient (Wildman–Crippen LogP) is 3.02. The zero-order chi connectivity index (χ0) is 13.1. The fraction of sp³-hybridized carbons (Fsp3) is 0.412. The van der Waals surface area contributed by atoms with Crippen molar-refractivity contribution in [1.82, 2.24) is 10.2 Å². The van der Waals surface area contributed by atoms with Gasteiger partial charge in [0, 0.05) is 19.1 Å². The van der Waals surface area contributed by atoms with Crippen molar-refractivity contribution in [2.24, 2.45) is 0 Å². The van der Waals surface area contributed by atoms with Crippen molar-refractivity contribution in [3.8, 4) is 0 Å². The molecule has 0 aliphatic carbocycles. The van der Waals surface area contributed by atoms with Gasteiger partial charge in [0.2, 0.25) is 0 Å². The molecule has 0 bridgehead atoms. The standard InChI is InChI=1S/C17H22N2/c1-18-17-7-4-10-19(13-17)12-14-8-9-15-5-2-3-6-16(15)11-14/h2-3,5-6,8-9,11,17-18H,4,7,10,12-13H2,1H3. The first-order chi connectivity index (χ1) is 9.35. The molecule has 3 rings (SSSR count). The van der Waals surface area contributed by atoms with Gasteiger partial charge in [0.25, 0.3) is 0 Å². The number of nitrogens with one attached hydrogen (secondary N) is 1. The molecule has 100 valence electrons. The average molecular weight is 254 g/mol. The summed E-state index contributed by atoms with van der Waals surface area (Å²) in [4.78, 5) is 2.56. The minimum absolute atomic E-state index is 0.661. The van der Waals surface area contributed by atoms with E-state index in [2.05, 4.69) is 59.7 Å². The highest BCUT2D eigenvalue weighted by Gasteiger charge is 2.18. The van der Waals surface area contributed by atoms with Crippen LogP contribution in [0, 0.1) is 0 Å². The van der Waals surface area contributed by atoms with Gasteiger partial charge in [-0.1, -0.05) is 36.4 Å². The van der Waals surface area contributed by atoms with Gasteiger partial charge in [-0.3, -0.25) is 4.90 Å². The van der Waals surface area contributed by atoms with Crippen LogP contribution < -0.4 is 5.32 Å². The third-order valence-electron chi connectivity index (χ3n) is 4.13. The van der Waals surface area contributed by atoms with E-state index in [1.165, 1.54) is 42.3 Å². The van der Waals surface area contributed by atoms with Gasteiger partial charge in [0.05, 0.1) is 0 Å². The number of hydrogen-bond donors (Lipinski definition) is 1. The molecule has 0 spiro atoms. The Balaban J connectivity index is 1.74. The summed E-state index contributed by atoms with van der Waals surface area (Å²) in [6, 6.07) is 16.1. The number of fused-ring (bicyclic) bond motifs is 1. The van der Waals surface area contributed by atoms with Crippen molar-refractivity contribution in [3.05, 3.63) is 48.0 Å². The quantitative estimate of drug-likeness (QED) is 0.905. The highest BCUT2D eigenvalue weighted by Crippen LogP contribution is 2.18. The lowest BCUT2D eigenvalue weighted by Gasteiger charge is -2.32. The number of benzene rings is 2. The van der Waals surface area contributed by atoms with Gasteiger partial charge in [0.15, 0.2) is 0 Å². The van der Waals surface area contributed by atoms with Crippen LogP contribution in [0.2, 0.25) is 0 Å². The molecule has 2 heteroatoms. The number of likely N-dealkylation sites (tertiary alicyclic amines) is 1. The SMILES string of the molecule is CNC1CCCN(Cc2ccc3ccccc3c2)C1. The van der Waals surface area contributed by atoms with Crippen molar-refractivity contribution >= 4 is 10.8 Å². The van der Waals surface area contributed by atoms with Crippen LogP contribution in [-0.4, -0.2) is 31.1 Å². The van der Waals surface area contributed by atoms with Gasteiger partial charge in [0.1, 0.15) is 0 Å². The van der Waals surface area contributed by atoms with Crippen LogP contribution >= 0.6 is 0 Å². The van der Waals surface area contributed by atoms with Crippen LogP contribution in [0.1, 0.15) is 18.4 Å². The Labute approximate surface area is 115 Å². The van der Waals surface area contributed by atoms with E-state index in [0.717, 1.165) is 6.54 Å². The molecule has 2 nitrogen and oxygen atoms in total. The molecular weight excluding hydrogens is 232 g/mol. The Morgan fingerprint density at radius 2 is 2.00 bits per heavy atom. The summed E-state index contributed by atoms with van der Waals surface area (Å²) in [6.45, 7) is 3.47. The summed E-state index contributed by atoms with van der Waals surface area (Å²) < 4.78 is 0. The molecule has 0 aromatic heterocycles. The molecule has 1 heterocycles. The van der Waals surface area contributed by atoms with Crippen LogP contribution in [0.15, 0.2) is 42.5 Å². The molecule has 0 amide bonds. The smallest absolute Gasteiger partial charge is 0.0234 e. The third-order valence-corrected chi connectivity index (χ3v) is 4.13. The first-order valence-corrected chi connectivity index (χ1v) is 7.22. The highest BCUT2D eigenvalue weighted by atomic mass is 15.2. The molecule has 1 aliphatic heterocycles. The summed E-state index contributed by atoms with van der Waals surface area (Å²) in [5.41, 5.74) is 1.43. The molecule has 19 heavy (non-hydrogen) atoms. The van der Waals surface area contributed by atoms with Gasteiger partial charge in [-0.15, -0.1) is 0 Å². The average Bonchev–Trinajstić information content (AvgIpc) is 2.47. The zero-order valence-corrected chi connectivity index (χ0v) is 11.6. The maximum Gasteiger partial charge on any atom is 0.0234 e. The molecule has 1 unspecified atom stereocenters. The molecular formula is C17H22N2. The second-order valence-electron chi connectivity index (χ2n) is 5.54. The molecule has 1 N–H and O–H groups in total. The number of likely N-dealkylation sites (N-methyl/N-ethyl adjacent to an activating group) is 1. The van der Waals surface area contributed by atoms with Gasteiger partial charge < -0.3 is 5.32 Å². The topological polar surface area (TPSA) is 15.3 Å². The maximum absolute atomic E-state index is 3.41. The Morgan fingerprint density at radius 1 is 1.16 bits per heavy atom. The number of nitrogens with zero attached hydrogens (tertiary/aromatic N) is 1. The molecule has 2 aromatic carbocycles. The minimum atomic E-state index is 0.661. The maximum atomic E-state index is 3.41. The van der Waals surface area contributed by atoms with Gasteiger partial charge in [-0.05, 0) is 48.8 Å². The molecule has 1 fully saturated rings. The first-order valence-electron chi connectivity index (χ1n) is 7.22. The van der Waals surface area contributed by atoms with Crippen molar-refractivity contribution in [2.45, 2.75) is 25.4 Å². The lowest BCUT2D eigenvalue weighted by molar-refractivity contribution is 0.188. The van der Waals surface area contributed by atoms with Crippen LogP contribution in [0.3, 0.4) is 0 Å². The Hall–Kier alpha value is -1.38. The minimum Gasteiger partial charge on any atom is -0.316 e. The largest absolute Gasteiger partial charge is 0.316 e. The van der Waals surface area contributed by atoms with E-state index in [-0.39, 0.29) is 0 Å². The molecule has 1 saturated heterocycles. The fourth-order valence-electron chi connectivity index (χ4n) is 3.03. The fourth-order valence-corrected chi connectivity index (χ4v) is 3.03. The zero-order valence-electron chi connectivity index (χ0n) is 11.6. The van der Waals surface area contributed by atoms with Crippen molar-refractivity contribution < 1.29 is 0 Å². The van der Waals surface area contributed by atoms with Crippen molar-refractivity contribution in [1.29, 1.82) is 0 Å². The number of piperidine rings is 1. The Kier molecular flexibility index (Phi) is 3.81. The summed E-state index contributed by atoms with van der Waals surface area (Å²) in [7, 11) is 2.07. The third kappa shape index (κ3) is 2.96. The van der Waals surface area contributed by atoms with E-state index in [4.69, 9.17) is 0 Å². The van der Waals surface area contributed by atoms with E-state index in [0.29, 0.717) is 6.04 Å². The molecule has 1 atom stereocenters. The first kappa shape index (κ1) is 12.6. The van der Waals surface area contributed by atoms with Crippen LogP contribution in [0.4, 0.5) is 0 Å². The van der Waals surface area contributed by atoms with Gasteiger partial charge in [-0.25, -0.2) is 0 Å². The van der Waals surface area contributed by atoms with E-state index < -0.39 is 0 Å². The van der Waals surface area contributed by atoms with Crippen LogP contribution in [0.5, 0.6) is 0 Å². The lowest BCUT2D eigenvalue weighted by atomic mass is 10.0. The van der Waals surface area contributed by atoms with Gasteiger partial charge in [-0.2, -0.15) is 0 Å². The molecule has 2 aromatic rings. The van der Waals surface area contributed by atoms with Crippen LogP contribution in [0.25, 0.3) is 10.8 Å². The van der Waals surface area contributed by atoms with Crippen molar-refractivity contribution in [2.75, 3.05) is 20.1 Å². The second-order valence-corrected chi connectivity index (χ2v) is 5.54. The Bertz CT molecular complexity index is 550. The van der Waals surface area contributed by atoms with E-state index in [1.807, 2.05) is 0 Å². The molecule has 0 radical (unpaired) electrons. The number of hydrogen-bond acceptors (Lipinski definition) is 2. The van der Waals surface area contributed by atoms with Crippen molar-refractivity contribution in [3.63, 3.8) is 0 Å². The highest BCUT2D eigenvalue weighted by molar-refractivity contribution is 5.82. The lowest BCUT2D eigenvalue weighted by Crippen LogP contribution is -2.43. The molecule has 1 aliphatic rings. The number of rotatable bonds is 3. The monoisotopic (exact) mass is 254 g/mol.